The Balaban J connectivity index is 1.65. The van der Waals surface area contributed by atoms with Gasteiger partial charge in [0.25, 0.3) is 0 Å². The second-order valence-corrected chi connectivity index (χ2v) is 7.27. The summed E-state index contributed by atoms with van der Waals surface area (Å²) in [6.07, 6.45) is 6.73. The van der Waals surface area contributed by atoms with Crippen molar-refractivity contribution < 1.29 is 19.7 Å². The van der Waals surface area contributed by atoms with E-state index < -0.39 is 12.1 Å². The molecule has 9 nitrogen and oxygen atoms in total. The zero-order valence-corrected chi connectivity index (χ0v) is 14.8. The quantitative estimate of drug-likeness (QED) is 0.312. The number of aliphatic hydroxyl groups is 1. The van der Waals surface area contributed by atoms with Gasteiger partial charge in [0.05, 0.1) is 31.6 Å². The molecule has 144 valence electrons. The Morgan fingerprint density at radius 3 is 2.78 bits per heavy atom. The van der Waals surface area contributed by atoms with Gasteiger partial charge < -0.3 is 30.1 Å². The number of nitrogens with two attached hydrogens (primary N) is 2. The Bertz CT molecular complexity index is 901. The fraction of sp³-hybridized carbons (Fsp3) is 0.444. The van der Waals surface area contributed by atoms with E-state index in [1.807, 2.05) is 16.8 Å². The molecule has 3 heterocycles. The van der Waals surface area contributed by atoms with Gasteiger partial charge in [0, 0.05) is 30.1 Å². The van der Waals surface area contributed by atoms with Gasteiger partial charge in [0.1, 0.15) is 11.3 Å². The second kappa shape index (κ2) is 6.84. The van der Waals surface area contributed by atoms with Gasteiger partial charge in [-0.3, -0.25) is 0 Å². The number of hydrogen-bond acceptors (Lipinski definition) is 7. The molecule has 2 fully saturated rings. The Morgan fingerprint density at radius 1 is 1.44 bits per heavy atom. The van der Waals surface area contributed by atoms with Crippen molar-refractivity contribution in [2.24, 2.45) is 17.5 Å². The van der Waals surface area contributed by atoms with Crippen molar-refractivity contribution in [1.29, 1.82) is 0 Å². The molecular weight excluding hydrogens is 350 g/mol. The van der Waals surface area contributed by atoms with Crippen LogP contribution < -0.4 is 11.6 Å². The van der Waals surface area contributed by atoms with Crippen molar-refractivity contribution >= 4 is 11.6 Å². The molecule has 0 aromatic carbocycles. The summed E-state index contributed by atoms with van der Waals surface area (Å²) in [4.78, 5) is 15.4. The van der Waals surface area contributed by atoms with Crippen molar-refractivity contribution in [3.63, 3.8) is 0 Å². The van der Waals surface area contributed by atoms with Crippen LogP contribution in [0.5, 0.6) is 0 Å². The van der Waals surface area contributed by atoms with Crippen LogP contribution in [-0.2, 0) is 16.1 Å². The average molecular weight is 373 g/mol. The summed E-state index contributed by atoms with van der Waals surface area (Å²) in [6, 6.07) is 2.05. The van der Waals surface area contributed by atoms with Crippen LogP contribution in [-0.4, -0.2) is 43.8 Å². The molecule has 0 amide bonds. The lowest BCUT2D eigenvalue weighted by molar-refractivity contribution is -0.132. The van der Waals surface area contributed by atoms with Gasteiger partial charge in [-0.25, -0.2) is 15.6 Å². The third-order valence-electron chi connectivity index (χ3n) is 5.02. The van der Waals surface area contributed by atoms with Crippen molar-refractivity contribution in [2.75, 3.05) is 13.2 Å². The van der Waals surface area contributed by atoms with E-state index in [1.54, 1.807) is 0 Å². The monoisotopic (exact) mass is 373 g/mol. The predicted molar refractivity (Wildman–Crippen MR) is 96.1 cm³/mol. The number of ether oxygens (including phenoxy) is 1. The van der Waals surface area contributed by atoms with Crippen LogP contribution >= 0.6 is 0 Å². The van der Waals surface area contributed by atoms with Crippen LogP contribution in [0.1, 0.15) is 41.7 Å². The van der Waals surface area contributed by atoms with E-state index in [1.165, 1.54) is 10.6 Å². The largest absolute Gasteiger partial charge is 0.477 e. The third-order valence-corrected chi connectivity index (χ3v) is 5.02. The number of fused-ring (bicyclic) bond motifs is 1. The molecule has 2 aromatic heterocycles. The van der Waals surface area contributed by atoms with Crippen molar-refractivity contribution in [3.8, 4) is 0 Å². The number of rotatable bonds is 7. The zero-order valence-electron chi connectivity index (χ0n) is 14.8. The molecule has 1 aliphatic heterocycles. The van der Waals surface area contributed by atoms with E-state index in [4.69, 9.17) is 21.4 Å². The molecule has 27 heavy (non-hydrogen) atoms. The highest BCUT2D eigenvalue weighted by atomic mass is 16.5. The summed E-state index contributed by atoms with van der Waals surface area (Å²) < 4.78 is 7.13. The van der Waals surface area contributed by atoms with E-state index in [9.17, 15) is 9.90 Å². The first kappa shape index (κ1) is 17.8. The number of aromatic nitrogens is 2. The lowest BCUT2D eigenvalue weighted by Gasteiger charge is -2.31. The second-order valence-electron chi connectivity index (χ2n) is 7.27. The SMILES string of the molecule is N/C(=C\N(N)Cc1cn2cc(C3CC3)cc(C(O)C3COC3)c2n1)C(=O)O. The normalized spacial score (nSPS) is 19.1. The topological polar surface area (TPSA) is 139 Å². The fourth-order valence-electron chi connectivity index (χ4n) is 3.29. The molecule has 6 N–H and O–H groups in total. The van der Waals surface area contributed by atoms with Gasteiger partial charge in [0.15, 0.2) is 0 Å². The first-order chi connectivity index (χ1) is 12.9. The summed E-state index contributed by atoms with van der Waals surface area (Å²) in [7, 11) is 0. The number of carboxylic acid groups (broad SMARTS) is 1. The van der Waals surface area contributed by atoms with Crippen LogP contribution in [0.4, 0.5) is 0 Å². The zero-order chi connectivity index (χ0) is 19.1. The number of hydrogen-bond donors (Lipinski definition) is 4. The molecule has 1 saturated carbocycles. The average Bonchev–Trinajstić information content (AvgIpc) is 3.32. The number of carbonyl (C=O) groups is 1. The molecule has 1 atom stereocenters. The van der Waals surface area contributed by atoms with Crippen LogP contribution in [0.15, 0.2) is 30.4 Å². The summed E-state index contributed by atoms with van der Waals surface area (Å²) >= 11 is 0. The fourth-order valence-corrected chi connectivity index (χ4v) is 3.29. The number of aliphatic carboxylic acids is 1. The Labute approximate surface area is 155 Å². The maximum atomic E-state index is 10.8. The van der Waals surface area contributed by atoms with E-state index in [0.29, 0.717) is 30.5 Å². The summed E-state index contributed by atoms with van der Waals surface area (Å²) in [6.45, 7) is 1.28. The molecule has 1 unspecified atom stereocenters. The van der Waals surface area contributed by atoms with Gasteiger partial charge in [-0.05, 0) is 30.4 Å². The molecule has 9 heteroatoms. The number of pyridine rings is 1. The van der Waals surface area contributed by atoms with Crippen molar-refractivity contribution in [2.45, 2.75) is 31.4 Å². The van der Waals surface area contributed by atoms with E-state index in [0.717, 1.165) is 24.6 Å². The summed E-state index contributed by atoms with van der Waals surface area (Å²) in [5.41, 5.74) is 8.36. The lowest BCUT2D eigenvalue weighted by atomic mass is 9.93. The molecule has 4 rings (SSSR count). The number of carboxylic acids is 1. The molecule has 1 aliphatic carbocycles. The van der Waals surface area contributed by atoms with Crippen LogP contribution in [0.25, 0.3) is 5.65 Å². The van der Waals surface area contributed by atoms with Crippen LogP contribution in [0, 0.1) is 5.92 Å². The van der Waals surface area contributed by atoms with Crippen LogP contribution in [0.2, 0.25) is 0 Å². The molecule has 1 saturated heterocycles. The summed E-state index contributed by atoms with van der Waals surface area (Å²) in [5.74, 6) is 5.21. The minimum atomic E-state index is -1.23. The molecule has 2 aliphatic rings. The third kappa shape index (κ3) is 3.61. The minimum Gasteiger partial charge on any atom is -0.477 e. The number of hydrazine groups is 1. The number of imidazole rings is 1. The van der Waals surface area contributed by atoms with E-state index >= 15 is 0 Å². The lowest BCUT2D eigenvalue weighted by Crippen LogP contribution is -2.33. The molecule has 0 bridgehead atoms. The highest BCUT2D eigenvalue weighted by molar-refractivity contribution is 5.85. The Kier molecular flexibility index (Phi) is 4.50. The highest BCUT2D eigenvalue weighted by Gasteiger charge is 2.32. The van der Waals surface area contributed by atoms with Crippen LogP contribution in [0.3, 0.4) is 0 Å². The standard InChI is InChI=1S/C18H23N5O4/c19-15(18(25)26)7-23(20)6-13-5-22-4-11(10-1-2-10)3-14(17(22)21-13)16(24)12-8-27-9-12/h3-5,7,10,12,16,24H,1-2,6,8-9,19-20H2,(H,25,26)/b15-7-. The first-order valence-corrected chi connectivity index (χ1v) is 8.91. The van der Waals surface area contributed by atoms with Gasteiger partial charge in [0.2, 0.25) is 0 Å². The predicted octanol–water partition coefficient (Wildman–Crippen LogP) is 0.452. The number of aliphatic hydroxyl groups excluding tert-OH is 1. The molecular formula is C18H23N5O4. The first-order valence-electron chi connectivity index (χ1n) is 8.91. The maximum Gasteiger partial charge on any atom is 0.353 e. The van der Waals surface area contributed by atoms with Gasteiger partial charge >= 0.3 is 5.97 Å². The van der Waals surface area contributed by atoms with Gasteiger partial charge in [-0.1, -0.05) is 0 Å². The minimum absolute atomic E-state index is 0.0766. The smallest absolute Gasteiger partial charge is 0.353 e. The Morgan fingerprint density at radius 2 is 2.19 bits per heavy atom. The van der Waals surface area contributed by atoms with Crippen molar-refractivity contribution in [1.82, 2.24) is 14.4 Å². The van der Waals surface area contributed by atoms with Crippen molar-refractivity contribution in [3.05, 3.63) is 47.2 Å². The molecule has 2 aromatic rings. The Hall–Kier alpha value is -2.62. The summed E-state index contributed by atoms with van der Waals surface area (Å²) in [5, 5.41) is 20.8. The van der Waals surface area contributed by atoms with Gasteiger partial charge in [-0.2, -0.15) is 0 Å². The highest BCUT2D eigenvalue weighted by Crippen LogP contribution is 2.42. The molecule has 0 radical (unpaired) electrons. The maximum absolute atomic E-state index is 10.8. The van der Waals surface area contributed by atoms with E-state index in [2.05, 4.69) is 11.1 Å². The van der Waals surface area contributed by atoms with Gasteiger partial charge in [-0.15, -0.1) is 0 Å². The number of nitrogens with zero attached hydrogens (tertiary/aromatic N) is 3. The van der Waals surface area contributed by atoms with E-state index in [-0.39, 0.29) is 18.2 Å². The molecule has 0 spiro atoms.